The SMILES string of the molecule is CN1C=C(Br)C=C(Nc2ccc(C(=O)N3CCOCC3)cn2)C1. The van der Waals surface area contributed by atoms with Gasteiger partial charge in [-0.05, 0) is 34.1 Å². The van der Waals surface area contributed by atoms with E-state index in [2.05, 4.69) is 31.1 Å². The third-order valence-electron chi connectivity index (χ3n) is 3.67. The van der Waals surface area contributed by atoms with Crippen molar-refractivity contribution in [2.75, 3.05) is 45.2 Å². The Morgan fingerprint density at radius 1 is 1.35 bits per heavy atom. The van der Waals surface area contributed by atoms with Gasteiger partial charge in [0.2, 0.25) is 0 Å². The van der Waals surface area contributed by atoms with Crippen LogP contribution in [-0.2, 0) is 4.74 Å². The van der Waals surface area contributed by atoms with Gasteiger partial charge in [0.1, 0.15) is 5.82 Å². The Labute approximate surface area is 143 Å². The Kier molecular flexibility index (Phi) is 4.97. The molecule has 0 bridgehead atoms. The van der Waals surface area contributed by atoms with E-state index in [1.165, 1.54) is 0 Å². The first-order valence-corrected chi connectivity index (χ1v) is 8.29. The van der Waals surface area contributed by atoms with Crippen LogP contribution in [0.15, 0.2) is 40.8 Å². The maximum atomic E-state index is 12.4. The summed E-state index contributed by atoms with van der Waals surface area (Å²) in [6.45, 7) is 3.26. The van der Waals surface area contributed by atoms with Crippen LogP contribution in [0.2, 0.25) is 0 Å². The molecule has 0 spiro atoms. The van der Waals surface area contributed by atoms with Gasteiger partial charge in [0.25, 0.3) is 5.91 Å². The van der Waals surface area contributed by atoms with Gasteiger partial charge in [-0.1, -0.05) is 0 Å². The summed E-state index contributed by atoms with van der Waals surface area (Å²) in [6, 6.07) is 3.64. The number of hydrogen-bond donors (Lipinski definition) is 1. The summed E-state index contributed by atoms with van der Waals surface area (Å²) in [5, 5.41) is 3.28. The number of hydrogen-bond acceptors (Lipinski definition) is 5. The summed E-state index contributed by atoms with van der Waals surface area (Å²) in [7, 11) is 2.01. The van der Waals surface area contributed by atoms with Gasteiger partial charge >= 0.3 is 0 Å². The van der Waals surface area contributed by atoms with E-state index in [9.17, 15) is 4.79 Å². The van der Waals surface area contributed by atoms with Crippen LogP contribution in [0.1, 0.15) is 10.4 Å². The van der Waals surface area contributed by atoms with E-state index in [1.807, 2.05) is 31.5 Å². The van der Waals surface area contributed by atoms with Crippen LogP contribution in [0.5, 0.6) is 0 Å². The fraction of sp³-hybridized carbons (Fsp3) is 0.375. The Bertz CT molecular complexity index is 636. The molecule has 2 aliphatic rings. The number of carbonyl (C=O) groups is 1. The van der Waals surface area contributed by atoms with E-state index in [1.54, 1.807) is 11.1 Å². The Hall–Kier alpha value is -1.86. The zero-order valence-electron chi connectivity index (χ0n) is 13.0. The Balaban J connectivity index is 1.65. The standard InChI is InChI=1S/C16H19BrN4O2/c1-20-10-13(17)8-14(11-20)19-15-3-2-12(9-18-15)16(22)21-4-6-23-7-5-21/h2-3,8-10H,4-7,11H2,1H3,(H,18,19). The molecule has 6 nitrogen and oxygen atoms in total. The second-order valence-electron chi connectivity index (χ2n) is 5.56. The number of nitrogens with one attached hydrogen (secondary N) is 1. The minimum atomic E-state index is 0.00893. The minimum absolute atomic E-state index is 0.00893. The van der Waals surface area contributed by atoms with Gasteiger partial charge in [0.15, 0.2) is 0 Å². The average Bonchev–Trinajstić information content (AvgIpc) is 2.55. The lowest BCUT2D eigenvalue weighted by Gasteiger charge is -2.26. The van der Waals surface area contributed by atoms with Crippen LogP contribution in [0.4, 0.5) is 5.82 Å². The number of anilines is 1. The van der Waals surface area contributed by atoms with E-state index in [4.69, 9.17) is 4.74 Å². The number of nitrogens with zero attached hydrogens (tertiary/aromatic N) is 3. The summed E-state index contributed by atoms with van der Waals surface area (Å²) in [5.74, 6) is 0.736. The molecule has 1 aromatic heterocycles. The maximum Gasteiger partial charge on any atom is 0.255 e. The highest BCUT2D eigenvalue weighted by molar-refractivity contribution is 9.11. The minimum Gasteiger partial charge on any atom is -0.378 e. The average molecular weight is 379 g/mol. The van der Waals surface area contributed by atoms with Gasteiger partial charge in [-0.15, -0.1) is 0 Å². The molecule has 0 unspecified atom stereocenters. The lowest BCUT2D eigenvalue weighted by atomic mass is 10.2. The van der Waals surface area contributed by atoms with Gasteiger partial charge in [-0.3, -0.25) is 4.79 Å². The summed E-state index contributed by atoms with van der Waals surface area (Å²) in [5.41, 5.74) is 1.65. The van der Waals surface area contributed by atoms with Gasteiger partial charge in [-0.25, -0.2) is 4.98 Å². The molecule has 2 aliphatic heterocycles. The number of allylic oxidation sites excluding steroid dienone is 2. The fourth-order valence-electron chi connectivity index (χ4n) is 2.56. The molecule has 3 rings (SSSR count). The second-order valence-corrected chi connectivity index (χ2v) is 6.48. The monoisotopic (exact) mass is 378 g/mol. The first kappa shape index (κ1) is 16.0. The molecule has 0 atom stereocenters. The van der Waals surface area contributed by atoms with E-state index < -0.39 is 0 Å². The largest absolute Gasteiger partial charge is 0.378 e. The first-order valence-electron chi connectivity index (χ1n) is 7.50. The van der Waals surface area contributed by atoms with Crippen LogP contribution in [-0.4, -0.2) is 60.6 Å². The number of rotatable bonds is 3. The third kappa shape index (κ3) is 4.11. The van der Waals surface area contributed by atoms with Gasteiger partial charge < -0.3 is 19.9 Å². The molecular weight excluding hydrogens is 360 g/mol. The van der Waals surface area contributed by atoms with E-state index >= 15 is 0 Å². The van der Waals surface area contributed by atoms with Crippen molar-refractivity contribution in [1.82, 2.24) is 14.8 Å². The van der Waals surface area contributed by atoms with Crippen molar-refractivity contribution < 1.29 is 9.53 Å². The number of halogens is 1. The highest BCUT2D eigenvalue weighted by atomic mass is 79.9. The molecule has 1 aromatic rings. The third-order valence-corrected chi connectivity index (χ3v) is 4.11. The van der Waals surface area contributed by atoms with Crippen molar-refractivity contribution >= 4 is 27.7 Å². The molecule has 1 fully saturated rings. The van der Waals surface area contributed by atoms with Crippen molar-refractivity contribution in [2.24, 2.45) is 0 Å². The molecule has 1 N–H and O–H groups in total. The molecule has 0 saturated carbocycles. The molecule has 1 saturated heterocycles. The topological polar surface area (TPSA) is 57.7 Å². The van der Waals surface area contributed by atoms with Crippen LogP contribution in [0.25, 0.3) is 0 Å². The molecule has 23 heavy (non-hydrogen) atoms. The Morgan fingerprint density at radius 3 is 2.78 bits per heavy atom. The smallest absolute Gasteiger partial charge is 0.255 e. The first-order chi connectivity index (χ1) is 11.1. The number of carbonyl (C=O) groups excluding carboxylic acids is 1. The number of pyridine rings is 1. The highest BCUT2D eigenvalue weighted by Gasteiger charge is 2.18. The lowest BCUT2D eigenvalue weighted by molar-refractivity contribution is 0.0302. The van der Waals surface area contributed by atoms with Gasteiger partial charge in [-0.2, -0.15) is 0 Å². The lowest BCUT2D eigenvalue weighted by Crippen LogP contribution is -2.40. The highest BCUT2D eigenvalue weighted by Crippen LogP contribution is 2.19. The molecular formula is C16H19BrN4O2. The number of likely N-dealkylation sites (N-methyl/N-ethyl adjacent to an activating group) is 1. The van der Waals surface area contributed by atoms with Crippen molar-refractivity contribution in [3.8, 4) is 0 Å². The number of amides is 1. The van der Waals surface area contributed by atoms with Gasteiger partial charge in [0, 0.05) is 42.7 Å². The van der Waals surface area contributed by atoms with E-state index in [0.29, 0.717) is 31.9 Å². The molecule has 7 heteroatoms. The predicted molar refractivity (Wildman–Crippen MR) is 92.3 cm³/mol. The van der Waals surface area contributed by atoms with E-state index in [-0.39, 0.29) is 5.91 Å². The molecule has 1 amide bonds. The van der Waals surface area contributed by atoms with Crippen molar-refractivity contribution in [3.05, 3.63) is 46.3 Å². The van der Waals surface area contributed by atoms with Crippen LogP contribution in [0.3, 0.4) is 0 Å². The van der Waals surface area contributed by atoms with Crippen LogP contribution >= 0.6 is 15.9 Å². The quantitative estimate of drug-likeness (QED) is 0.871. The van der Waals surface area contributed by atoms with Crippen molar-refractivity contribution in [2.45, 2.75) is 0 Å². The number of morpholine rings is 1. The van der Waals surface area contributed by atoms with Crippen molar-refractivity contribution in [1.29, 1.82) is 0 Å². The summed E-state index contributed by atoms with van der Waals surface area (Å²) in [6.07, 6.45) is 5.66. The van der Waals surface area contributed by atoms with Crippen LogP contribution < -0.4 is 5.32 Å². The van der Waals surface area contributed by atoms with Crippen LogP contribution in [0, 0.1) is 0 Å². The maximum absolute atomic E-state index is 12.4. The number of ether oxygens (including phenoxy) is 1. The summed E-state index contributed by atoms with van der Waals surface area (Å²) < 4.78 is 6.28. The second kappa shape index (κ2) is 7.14. The zero-order chi connectivity index (χ0) is 16.2. The molecule has 0 aromatic carbocycles. The summed E-state index contributed by atoms with van der Waals surface area (Å²) >= 11 is 3.48. The Morgan fingerprint density at radius 2 is 2.13 bits per heavy atom. The van der Waals surface area contributed by atoms with E-state index in [0.717, 1.165) is 22.5 Å². The summed E-state index contributed by atoms with van der Waals surface area (Å²) in [4.78, 5) is 20.6. The number of aromatic nitrogens is 1. The van der Waals surface area contributed by atoms with Crippen molar-refractivity contribution in [3.63, 3.8) is 0 Å². The molecule has 0 aliphatic carbocycles. The predicted octanol–water partition coefficient (Wildman–Crippen LogP) is 2.03. The fourth-order valence-corrected chi connectivity index (χ4v) is 3.18. The zero-order valence-corrected chi connectivity index (χ0v) is 14.5. The van der Waals surface area contributed by atoms with Gasteiger partial charge in [0.05, 0.1) is 25.3 Å². The molecule has 0 radical (unpaired) electrons. The molecule has 122 valence electrons. The molecule has 3 heterocycles. The normalized spacial score (nSPS) is 18.3.